The van der Waals surface area contributed by atoms with Crippen molar-refractivity contribution in [3.8, 4) is 0 Å². The van der Waals surface area contributed by atoms with Crippen molar-refractivity contribution in [3.05, 3.63) is 46.6 Å². The third-order valence-electron chi connectivity index (χ3n) is 3.13. The van der Waals surface area contributed by atoms with Crippen molar-refractivity contribution in [2.75, 3.05) is 6.54 Å². The van der Waals surface area contributed by atoms with Crippen LogP contribution in [0, 0.1) is 0 Å². The summed E-state index contributed by atoms with van der Waals surface area (Å²) in [6.45, 7) is 5.18. The molecule has 0 aliphatic heterocycles. The second-order valence-corrected chi connectivity index (χ2v) is 5.12. The lowest BCUT2D eigenvalue weighted by Gasteiger charge is -2.11. The zero-order valence-electron chi connectivity index (χ0n) is 11.9. The van der Waals surface area contributed by atoms with E-state index in [0.29, 0.717) is 18.2 Å². The van der Waals surface area contributed by atoms with E-state index in [-0.39, 0.29) is 6.04 Å². The highest BCUT2D eigenvalue weighted by molar-refractivity contribution is 6.31. The molecule has 1 N–H and O–H groups in total. The van der Waals surface area contributed by atoms with Gasteiger partial charge in [0.25, 0.3) is 0 Å². The van der Waals surface area contributed by atoms with E-state index in [1.54, 1.807) is 0 Å². The second kappa shape index (κ2) is 7.41. The number of benzene rings is 1. The monoisotopic (exact) mass is 293 g/mol. The molecule has 108 valence electrons. The molecule has 0 radical (unpaired) electrons. The number of hydrogen-bond acceptors (Lipinski definition) is 4. The summed E-state index contributed by atoms with van der Waals surface area (Å²) in [7, 11) is 0. The summed E-state index contributed by atoms with van der Waals surface area (Å²) < 4.78 is 5.75. The van der Waals surface area contributed by atoms with E-state index in [4.69, 9.17) is 16.0 Å². The summed E-state index contributed by atoms with van der Waals surface area (Å²) in [6, 6.07) is 7.83. The SMILES string of the molecule is CCCNC(CC)c1nnc(Cc2ccccc2Cl)o1. The molecule has 0 amide bonds. The Labute approximate surface area is 124 Å². The molecule has 0 saturated carbocycles. The molecule has 1 atom stereocenters. The van der Waals surface area contributed by atoms with Gasteiger partial charge in [-0.3, -0.25) is 0 Å². The third-order valence-corrected chi connectivity index (χ3v) is 3.50. The Bertz CT molecular complexity index is 541. The fraction of sp³-hybridized carbons (Fsp3) is 0.467. The van der Waals surface area contributed by atoms with Crippen LogP contribution in [0.2, 0.25) is 5.02 Å². The molecule has 1 heterocycles. The molecular formula is C15H20ClN3O. The Hall–Kier alpha value is -1.39. The normalized spacial score (nSPS) is 12.6. The summed E-state index contributed by atoms with van der Waals surface area (Å²) in [4.78, 5) is 0. The fourth-order valence-corrected chi connectivity index (χ4v) is 2.21. The van der Waals surface area contributed by atoms with Gasteiger partial charge >= 0.3 is 0 Å². The highest BCUT2D eigenvalue weighted by atomic mass is 35.5. The third kappa shape index (κ3) is 3.81. The van der Waals surface area contributed by atoms with E-state index in [0.717, 1.165) is 30.0 Å². The summed E-state index contributed by atoms with van der Waals surface area (Å²) >= 11 is 6.14. The van der Waals surface area contributed by atoms with Gasteiger partial charge in [-0.15, -0.1) is 10.2 Å². The van der Waals surface area contributed by atoms with Gasteiger partial charge in [-0.1, -0.05) is 43.6 Å². The summed E-state index contributed by atoms with van der Waals surface area (Å²) in [6.07, 6.45) is 2.57. The van der Waals surface area contributed by atoms with Crippen molar-refractivity contribution in [2.24, 2.45) is 0 Å². The number of aromatic nitrogens is 2. The molecule has 2 aromatic rings. The van der Waals surface area contributed by atoms with Gasteiger partial charge in [0, 0.05) is 5.02 Å². The predicted octanol–water partition coefficient (Wildman–Crippen LogP) is 3.76. The number of hydrogen-bond donors (Lipinski definition) is 1. The van der Waals surface area contributed by atoms with Crippen molar-refractivity contribution < 1.29 is 4.42 Å². The Morgan fingerprint density at radius 1 is 1.25 bits per heavy atom. The molecule has 0 spiro atoms. The molecule has 1 aromatic heterocycles. The van der Waals surface area contributed by atoms with Crippen molar-refractivity contribution in [2.45, 2.75) is 39.2 Å². The second-order valence-electron chi connectivity index (χ2n) is 4.72. The molecular weight excluding hydrogens is 274 g/mol. The Balaban J connectivity index is 2.06. The van der Waals surface area contributed by atoms with Crippen LogP contribution >= 0.6 is 11.6 Å². The molecule has 20 heavy (non-hydrogen) atoms. The minimum atomic E-state index is 0.127. The van der Waals surface area contributed by atoms with Crippen LogP contribution in [0.3, 0.4) is 0 Å². The number of nitrogens with zero attached hydrogens (tertiary/aromatic N) is 2. The van der Waals surface area contributed by atoms with E-state index < -0.39 is 0 Å². The standard InChI is InChI=1S/C15H20ClN3O/c1-3-9-17-13(4-2)15-19-18-14(20-15)10-11-7-5-6-8-12(11)16/h5-8,13,17H,3-4,9-10H2,1-2H3. The molecule has 0 fully saturated rings. The first-order valence-electron chi connectivity index (χ1n) is 7.03. The molecule has 0 aliphatic rings. The van der Waals surface area contributed by atoms with E-state index >= 15 is 0 Å². The highest BCUT2D eigenvalue weighted by Crippen LogP contribution is 2.20. The molecule has 0 saturated heterocycles. The van der Waals surface area contributed by atoms with Crippen LogP contribution in [0.4, 0.5) is 0 Å². The van der Waals surface area contributed by atoms with Crippen LogP contribution in [-0.2, 0) is 6.42 Å². The topological polar surface area (TPSA) is 51.0 Å². The maximum Gasteiger partial charge on any atom is 0.233 e. The summed E-state index contributed by atoms with van der Waals surface area (Å²) in [5.41, 5.74) is 0.999. The van der Waals surface area contributed by atoms with Crippen molar-refractivity contribution in [3.63, 3.8) is 0 Å². The fourth-order valence-electron chi connectivity index (χ4n) is 2.01. The van der Waals surface area contributed by atoms with Crippen molar-refractivity contribution in [1.29, 1.82) is 0 Å². The number of rotatable bonds is 7. The van der Waals surface area contributed by atoms with Gasteiger partial charge in [-0.2, -0.15) is 0 Å². The lowest BCUT2D eigenvalue weighted by molar-refractivity contribution is 0.376. The zero-order chi connectivity index (χ0) is 14.4. The molecule has 5 heteroatoms. The minimum absolute atomic E-state index is 0.127. The molecule has 2 rings (SSSR count). The number of halogens is 1. The minimum Gasteiger partial charge on any atom is -0.423 e. The Morgan fingerprint density at radius 2 is 2.05 bits per heavy atom. The van der Waals surface area contributed by atoms with E-state index in [2.05, 4.69) is 29.4 Å². The average Bonchev–Trinajstić information content (AvgIpc) is 2.91. The lowest BCUT2D eigenvalue weighted by Crippen LogP contribution is -2.21. The largest absolute Gasteiger partial charge is 0.423 e. The smallest absolute Gasteiger partial charge is 0.233 e. The van der Waals surface area contributed by atoms with Gasteiger partial charge in [0.15, 0.2) is 0 Å². The maximum absolute atomic E-state index is 6.14. The van der Waals surface area contributed by atoms with Gasteiger partial charge in [0.05, 0.1) is 12.5 Å². The van der Waals surface area contributed by atoms with Crippen LogP contribution in [-0.4, -0.2) is 16.7 Å². The Morgan fingerprint density at radius 3 is 2.75 bits per heavy atom. The van der Waals surface area contributed by atoms with Gasteiger partial charge in [0.2, 0.25) is 11.8 Å². The number of nitrogens with one attached hydrogen (secondary N) is 1. The van der Waals surface area contributed by atoms with Crippen LogP contribution in [0.5, 0.6) is 0 Å². The highest BCUT2D eigenvalue weighted by Gasteiger charge is 2.16. The quantitative estimate of drug-likeness (QED) is 0.844. The molecule has 4 nitrogen and oxygen atoms in total. The zero-order valence-corrected chi connectivity index (χ0v) is 12.7. The first kappa shape index (κ1) is 15.0. The van der Waals surface area contributed by atoms with Gasteiger partial charge < -0.3 is 9.73 Å². The van der Waals surface area contributed by atoms with E-state index in [1.807, 2.05) is 24.3 Å². The van der Waals surface area contributed by atoms with Crippen LogP contribution < -0.4 is 5.32 Å². The first-order chi connectivity index (χ1) is 9.74. The Kier molecular flexibility index (Phi) is 5.56. The molecule has 0 bridgehead atoms. The van der Waals surface area contributed by atoms with Gasteiger partial charge in [-0.25, -0.2) is 0 Å². The van der Waals surface area contributed by atoms with Gasteiger partial charge in [0.1, 0.15) is 0 Å². The van der Waals surface area contributed by atoms with Crippen LogP contribution in [0.25, 0.3) is 0 Å². The maximum atomic E-state index is 6.14. The van der Waals surface area contributed by atoms with E-state index in [1.165, 1.54) is 0 Å². The summed E-state index contributed by atoms with van der Waals surface area (Å²) in [5, 5.41) is 12.4. The molecule has 0 aliphatic carbocycles. The van der Waals surface area contributed by atoms with Crippen molar-refractivity contribution >= 4 is 11.6 Å². The molecule has 1 aromatic carbocycles. The first-order valence-corrected chi connectivity index (χ1v) is 7.41. The molecule has 1 unspecified atom stereocenters. The average molecular weight is 294 g/mol. The van der Waals surface area contributed by atoms with E-state index in [9.17, 15) is 0 Å². The van der Waals surface area contributed by atoms with Crippen LogP contribution in [0.15, 0.2) is 28.7 Å². The predicted molar refractivity (Wildman–Crippen MR) is 79.9 cm³/mol. The van der Waals surface area contributed by atoms with Gasteiger partial charge in [-0.05, 0) is 31.0 Å². The van der Waals surface area contributed by atoms with Crippen molar-refractivity contribution in [1.82, 2.24) is 15.5 Å². The van der Waals surface area contributed by atoms with Crippen LogP contribution in [0.1, 0.15) is 50.1 Å². The summed E-state index contributed by atoms with van der Waals surface area (Å²) in [5.74, 6) is 1.26. The lowest BCUT2D eigenvalue weighted by atomic mass is 10.1.